The number of anilines is 2. The van der Waals surface area contributed by atoms with Crippen LogP contribution in [0.2, 0.25) is 0 Å². The Balaban J connectivity index is 1.53. The van der Waals surface area contributed by atoms with Crippen molar-refractivity contribution in [1.82, 2.24) is 15.5 Å². The molecule has 0 saturated carbocycles. The largest absolute Gasteiger partial charge is 0.497 e. The molecular formula is C22H31N5O2S. The number of fused-ring (bicyclic) bond motifs is 1. The summed E-state index contributed by atoms with van der Waals surface area (Å²) in [4.78, 5) is 17.1. The maximum absolute atomic E-state index is 13.1. The Morgan fingerprint density at radius 3 is 2.57 bits per heavy atom. The summed E-state index contributed by atoms with van der Waals surface area (Å²) >= 11 is 1.49. The van der Waals surface area contributed by atoms with E-state index >= 15 is 0 Å². The fourth-order valence-electron chi connectivity index (χ4n) is 4.93. The van der Waals surface area contributed by atoms with Crippen LogP contribution in [0.25, 0.3) is 0 Å². The van der Waals surface area contributed by atoms with E-state index in [0.717, 1.165) is 35.7 Å². The molecule has 0 bridgehead atoms. The number of hydrogen-bond acceptors (Lipinski definition) is 7. The van der Waals surface area contributed by atoms with E-state index in [2.05, 4.69) is 55.2 Å². The van der Waals surface area contributed by atoms with Gasteiger partial charge in [-0.2, -0.15) is 0 Å². The van der Waals surface area contributed by atoms with E-state index in [1.54, 1.807) is 12.0 Å². The number of hydrogen-bond donors (Lipinski definition) is 1. The number of amides is 1. The van der Waals surface area contributed by atoms with Crippen molar-refractivity contribution < 1.29 is 9.53 Å². The zero-order valence-electron chi connectivity index (χ0n) is 18.7. The molecule has 1 N–H and O–H groups in total. The number of aromatic nitrogens is 2. The second kappa shape index (κ2) is 7.50. The number of piperidine rings is 1. The Hall–Kier alpha value is -2.19. The summed E-state index contributed by atoms with van der Waals surface area (Å²) in [5.41, 5.74) is 1.86. The highest BCUT2D eigenvalue weighted by Gasteiger charge is 2.40. The highest BCUT2D eigenvalue weighted by molar-refractivity contribution is 7.19. The number of methoxy groups -OCH3 is 1. The number of nitrogens with one attached hydrogen (secondary N) is 1. The average molecular weight is 430 g/mol. The molecule has 2 aliphatic heterocycles. The molecule has 1 amide bonds. The first-order valence-electron chi connectivity index (χ1n) is 10.4. The van der Waals surface area contributed by atoms with E-state index in [1.165, 1.54) is 11.3 Å². The van der Waals surface area contributed by atoms with Crippen LogP contribution in [0.4, 0.5) is 10.3 Å². The molecule has 3 heterocycles. The van der Waals surface area contributed by atoms with Crippen molar-refractivity contribution in [2.24, 2.45) is 0 Å². The Bertz CT molecular complexity index is 939. The van der Waals surface area contributed by atoms with Crippen LogP contribution in [-0.4, -0.2) is 53.9 Å². The van der Waals surface area contributed by atoms with Gasteiger partial charge in [-0.05, 0) is 70.7 Å². The van der Waals surface area contributed by atoms with Gasteiger partial charge in [0.15, 0.2) is 0 Å². The van der Waals surface area contributed by atoms with Crippen molar-refractivity contribution in [3.8, 4) is 5.75 Å². The van der Waals surface area contributed by atoms with Gasteiger partial charge in [0.2, 0.25) is 10.3 Å². The smallest absolute Gasteiger partial charge is 0.260 e. The van der Waals surface area contributed by atoms with Crippen molar-refractivity contribution in [2.45, 2.75) is 64.1 Å². The standard InChI is InChI=1S/C22H31N5O2S/c1-21(2)12-15(13-22(3,4)25-21)26(5)19-23-24-20(30-19)27-10-9-14-11-16(29-6)7-8-17(14)18(27)28/h7-8,11,15,25H,9-10,12-13H2,1-6H3. The summed E-state index contributed by atoms with van der Waals surface area (Å²) < 4.78 is 5.29. The van der Waals surface area contributed by atoms with Gasteiger partial charge in [-0.25, -0.2) is 0 Å². The van der Waals surface area contributed by atoms with Gasteiger partial charge in [-0.3, -0.25) is 9.69 Å². The van der Waals surface area contributed by atoms with Crippen molar-refractivity contribution in [3.63, 3.8) is 0 Å². The highest BCUT2D eigenvalue weighted by Crippen LogP contribution is 2.36. The highest BCUT2D eigenvalue weighted by atomic mass is 32.1. The van der Waals surface area contributed by atoms with Crippen molar-refractivity contribution in [1.29, 1.82) is 0 Å². The number of ether oxygens (including phenoxy) is 1. The Labute approximate surface area is 182 Å². The molecule has 1 fully saturated rings. The average Bonchev–Trinajstić information content (AvgIpc) is 3.14. The summed E-state index contributed by atoms with van der Waals surface area (Å²) in [5, 5.41) is 14.1. The number of benzene rings is 1. The van der Waals surface area contributed by atoms with E-state index < -0.39 is 0 Å². The third-order valence-corrected chi connectivity index (χ3v) is 7.08. The first-order valence-corrected chi connectivity index (χ1v) is 11.2. The third kappa shape index (κ3) is 4.03. The summed E-state index contributed by atoms with van der Waals surface area (Å²) in [5.74, 6) is 0.760. The topological polar surface area (TPSA) is 70.6 Å². The lowest BCUT2D eigenvalue weighted by Crippen LogP contribution is -2.61. The van der Waals surface area contributed by atoms with E-state index in [4.69, 9.17) is 4.74 Å². The third-order valence-electron chi connectivity index (χ3n) is 6.05. The monoisotopic (exact) mass is 429 g/mol. The molecule has 4 rings (SSSR count). The van der Waals surface area contributed by atoms with E-state index in [9.17, 15) is 4.79 Å². The normalized spacial score (nSPS) is 20.7. The fourth-order valence-corrected chi connectivity index (χ4v) is 5.84. The molecule has 2 aromatic rings. The molecule has 0 atom stereocenters. The van der Waals surface area contributed by atoms with E-state index in [0.29, 0.717) is 23.3 Å². The maximum Gasteiger partial charge on any atom is 0.260 e. The molecular weight excluding hydrogens is 398 g/mol. The SMILES string of the molecule is COc1ccc2c(c1)CCN(c1nnc(N(C)C3CC(C)(C)NC(C)(C)C3)s1)C2=O. The van der Waals surface area contributed by atoms with Crippen LogP contribution in [0.3, 0.4) is 0 Å². The molecule has 2 aliphatic rings. The number of rotatable bonds is 4. The molecule has 1 aromatic carbocycles. The van der Waals surface area contributed by atoms with Crippen LogP contribution < -0.4 is 19.9 Å². The molecule has 0 unspecified atom stereocenters. The zero-order chi connectivity index (χ0) is 21.7. The molecule has 30 heavy (non-hydrogen) atoms. The van der Waals surface area contributed by atoms with Crippen molar-refractivity contribution >= 4 is 27.5 Å². The summed E-state index contributed by atoms with van der Waals surface area (Å²) in [6.45, 7) is 9.60. The summed E-state index contributed by atoms with van der Waals surface area (Å²) in [6.07, 6.45) is 2.83. The van der Waals surface area contributed by atoms with Crippen molar-refractivity contribution in [2.75, 3.05) is 30.5 Å². The first-order chi connectivity index (χ1) is 14.1. The number of nitrogens with zero attached hydrogens (tertiary/aromatic N) is 4. The lowest BCUT2D eigenvalue weighted by molar-refractivity contribution is 0.0980. The van der Waals surface area contributed by atoms with Crippen LogP contribution in [0, 0.1) is 0 Å². The van der Waals surface area contributed by atoms with Gasteiger partial charge in [0.05, 0.1) is 7.11 Å². The molecule has 8 heteroatoms. The predicted molar refractivity (Wildman–Crippen MR) is 121 cm³/mol. The molecule has 0 aliphatic carbocycles. The predicted octanol–water partition coefficient (Wildman–Crippen LogP) is 3.50. The molecule has 7 nitrogen and oxygen atoms in total. The fraction of sp³-hybridized carbons (Fsp3) is 0.591. The Kier molecular flexibility index (Phi) is 5.26. The maximum atomic E-state index is 13.1. The van der Waals surface area contributed by atoms with Crippen LogP contribution in [0.15, 0.2) is 18.2 Å². The molecule has 1 aromatic heterocycles. The van der Waals surface area contributed by atoms with Gasteiger partial charge in [0.1, 0.15) is 5.75 Å². The number of carbonyl (C=O) groups is 1. The molecule has 0 spiro atoms. The van der Waals surface area contributed by atoms with Gasteiger partial charge in [0.25, 0.3) is 5.91 Å². The van der Waals surface area contributed by atoms with Crippen LogP contribution in [-0.2, 0) is 6.42 Å². The van der Waals surface area contributed by atoms with Gasteiger partial charge < -0.3 is 15.0 Å². The quantitative estimate of drug-likeness (QED) is 0.802. The van der Waals surface area contributed by atoms with Gasteiger partial charge >= 0.3 is 0 Å². The first kappa shape index (κ1) is 21.1. The van der Waals surface area contributed by atoms with Crippen molar-refractivity contribution in [3.05, 3.63) is 29.3 Å². The number of carbonyl (C=O) groups excluding carboxylic acids is 1. The summed E-state index contributed by atoms with van der Waals surface area (Å²) in [6, 6.07) is 5.99. The second-order valence-corrected chi connectivity index (χ2v) is 10.6. The van der Waals surface area contributed by atoms with Gasteiger partial charge in [-0.1, -0.05) is 11.3 Å². The van der Waals surface area contributed by atoms with Gasteiger partial charge in [-0.15, -0.1) is 10.2 Å². The van der Waals surface area contributed by atoms with E-state index in [1.807, 2.05) is 18.2 Å². The Morgan fingerprint density at radius 2 is 1.90 bits per heavy atom. The van der Waals surface area contributed by atoms with E-state index in [-0.39, 0.29) is 17.0 Å². The minimum Gasteiger partial charge on any atom is -0.497 e. The Morgan fingerprint density at radius 1 is 1.20 bits per heavy atom. The van der Waals surface area contributed by atoms with Crippen LogP contribution in [0.5, 0.6) is 5.75 Å². The second-order valence-electron chi connectivity index (χ2n) is 9.66. The lowest BCUT2D eigenvalue weighted by Gasteiger charge is -2.48. The minimum absolute atomic E-state index is 0.0200. The molecule has 162 valence electrons. The van der Waals surface area contributed by atoms with Crippen LogP contribution in [0.1, 0.15) is 56.5 Å². The zero-order valence-corrected chi connectivity index (χ0v) is 19.5. The lowest BCUT2D eigenvalue weighted by atomic mass is 9.79. The molecule has 0 radical (unpaired) electrons. The summed E-state index contributed by atoms with van der Waals surface area (Å²) in [7, 11) is 3.73. The van der Waals surface area contributed by atoms with Crippen LogP contribution >= 0.6 is 11.3 Å². The van der Waals surface area contributed by atoms with Gasteiger partial charge in [0, 0.05) is 36.3 Å². The minimum atomic E-state index is -0.0200. The molecule has 1 saturated heterocycles.